The summed E-state index contributed by atoms with van der Waals surface area (Å²) >= 11 is -4.43. The van der Waals surface area contributed by atoms with Crippen LogP contribution in [0.15, 0.2) is 0 Å². The minimum absolute atomic E-state index is 0.236. The van der Waals surface area contributed by atoms with Gasteiger partial charge in [0.15, 0.2) is 0 Å². The van der Waals surface area contributed by atoms with E-state index in [2.05, 4.69) is 14.2 Å². The summed E-state index contributed by atoms with van der Waals surface area (Å²) in [5.41, 5.74) is 0. The van der Waals surface area contributed by atoms with Crippen molar-refractivity contribution in [1.29, 1.82) is 0 Å². The van der Waals surface area contributed by atoms with Crippen LogP contribution >= 0.6 is 0 Å². The number of halogens is 7. The number of unbranched alkanes of at least 4 members (excludes halogenated alkanes) is 1. The largest absolute Gasteiger partial charge is 0.768 e. The van der Waals surface area contributed by atoms with Gasteiger partial charge in [-0.15, -0.1) is 0 Å². The molecule has 0 radical (unpaired) electrons. The summed E-state index contributed by atoms with van der Waals surface area (Å²) in [6.45, 7) is -0.461. The summed E-state index contributed by atoms with van der Waals surface area (Å²) in [6, 6.07) is 0. The lowest BCUT2D eigenvalue weighted by Crippen LogP contribution is -2.59. The van der Waals surface area contributed by atoms with Crippen molar-refractivity contribution in [2.45, 2.75) is 81.4 Å². The standard InChI is InChI=1S/C18H25F7O7S/c1-2-30-14(27)16(17(21,22)23,32-13(26)12-8-4-3-5-9-12)31-11-7-6-10-15(19,20)18(24,25)33(28)29/h12H,2-11H2,1H3,(H,28,29)/p-1. The summed E-state index contributed by atoms with van der Waals surface area (Å²) in [6.07, 6.45) is -6.57. The van der Waals surface area contributed by atoms with Crippen molar-refractivity contribution in [1.82, 2.24) is 0 Å². The van der Waals surface area contributed by atoms with Crippen molar-refractivity contribution < 1.29 is 63.3 Å². The maximum atomic E-state index is 13.8. The molecule has 33 heavy (non-hydrogen) atoms. The van der Waals surface area contributed by atoms with E-state index in [1.165, 1.54) is 6.92 Å². The van der Waals surface area contributed by atoms with E-state index >= 15 is 0 Å². The number of ether oxygens (including phenoxy) is 3. The molecule has 0 aromatic heterocycles. The topological polar surface area (TPSA) is 102 Å². The van der Waals surface area contributed by atoms with E-state index in [9.17, 15) is 49.1 Å². The highest BCUT2D eigenvalue weighted by Crippen LogP contribution is 2.41. The maximum absolute atomic E-state index is 13.8. The zero-order chi connectivity index (χ0) is 25.5. The number of hydrogen-bond donors (Lipinski definition) is 0. The second kappa shape index (κ2) is 11.8. The molecule has 1 saturated carbocycles. The van der Waals surface area contributed by atoms with E-state index in [1.807, 2.05) is 0 Å². The summed E-state index contributed by atoms with van der Waals surface area (Å²) < 4.78 is 128. The quantitative estimate of drug-likeness (QED) is 0.126. The van der Waals surface area contributed by atoms with Crippen LogP contribution in [-0.2, 0) is 34.9 Å². The van der Waals surface area contributed by atoms with Gasteiger partial charge in [0.05, 0.1) is 19.1 Å². The third kappa shape index (κ3) is 7.25. The smallest absolute Gasteiger partial charge is 0.468 e. The third-order valence-corrected chi connectivity index (χ3v) is 5.64. The molecule has 1 aliphatic rings. The van der Waals surface area contributed by atoms with Crippen molar-refractivity contribution in [3.05, 3.63) is 0 Å². The van der Waals surface area contributed by atoms with E-state index < -0.39 is 84.6 Å². The molecular formula is C18H24F7O7S-. The van der Waals surface area contributed by atoms with Crippen molar-refractivity contribution >= 4 is 23.0 Å². The number of hydrogen-bond acceptors (Lipinski definition) is 7. The number of alkyl halides is 7. The van der Waals surface area contributed by atoms with Gasteiger partial charge in [-0.1, -0.05) is 19.3 Å². The highest BCUT2D eigenvalue weighted by molar-refractivity contribution is 7.80. The fourth-order valence-electron chi connectivity index (χ4n) is 3.11. The van der Waals surface area contributed by atoms with Crippen molar-refractivity contribution in [2.24, 2.45) is 5.92 Å². The average Bonchev–Trinajstić information content (AvgIpc) is 2.72. The molecule has 0 bridgehead atoms. The second-order valence-corrected chi connectivity index (χ2v) is 8.33. The molecule has 1 fully saturated rings. The Kier molecular flexibility index (Phi) is 10.5. The molecule has 1 rings (SSSR count). The fourth-order valence-corrected chi connectivity index (χ4v) is 3.45. The van der Waals surface area contributed by atoms with Gasteiger partial charge in [-0.05, 0) is 32.6 Å². The Balaban J connectivity index is 2.93. The van der Waals surface area contributed by atoms with Crippen molar-refractivity contribution in [3.8, 4) is 0 Å². The predicted octanol–water partition coefficient (Wildman–Crippen LogP) is 4.23. The molecule has 1 aliphatic carbocycles. The van der Waals surface area contributed by atoms with Crippen LogP contribution in [0.25, 0.3) is 0 Å². The van der Waals surface area contributed by atoms with Gasteiger partial charge in [-0.25, -0.2) is 4.79 Å². The van der Waals surface area contributed by atoms with E-state index in [-0.39, 0.29) is 12.8 Å². The lowest BCUT2D eigenvalue weighted by atomic mass is 9.89. The highest BCUT2D eigenvalue weighted by atomic mass is 32.2. The van der Waals surface area contributed by atoms with Crippen LogP contribution in [0.3, 0.4) is 0 Å². The van der Waals surface area contributed by atoms with Crippen LogP contribution in [0.5, 0.6) is 0 Å². The first kappa shape index (κ1) is 29.6. The first-order valence-electron chi connectivity index (χ1n) is 10.1. The molecule has 194 valence electrons. The third-order valence-electron chi connectivity index (χ3n) is 4.93. The number of carbonyl (C=O) groups is 2. The lowest BCUT2D eigenvalue weighted by Gasteiger charge is -2.34. The van der Waals surface area contributed by atoms with Crippen molar-refractivity contribution in [2.75, 3.05) is 13.2 Å². The van der Waals surface area contributed by atoms with Gasteiger partial charge in [0.25, 0.3) is 0 Å². The van der Waals surface area contributed by atoms with Crippen molar-refractivity contribution in [3.63, 3.8) is 0 Å². The van der Waals surface area contributed by atoms with Gasteiger partial charge in [0.2, 0.25) is 0 Å². The van der Waals surface area contributed by atoms with E-state index in [0.717, 1.165) is 6.42 Å². The fraction of sp³-hybridized carbons (Fsp3) is 0.889. The Morgan fingerprint density at radius 2 is 1.58 bits per heavy atom. The Bertz CT molecular complexity index is 696. The first-order chi connectivity index (χ1) is 15.1. The second-order valence-electron chi connectivity index (χ2n) is 7.35. The molecule has 7 nitrogen and oxygen atoms in total. The van der Waals surface area contributed by atoms with Crippen LogP contribution in [-0.4, -0.2) is 57.1 Å². The van der Waals surface area contributed by atoms with E-state index in [1.54, 1.807) is 0 Å². The van der Waals surface area contributed by atoms with Gasteiger partial charge < -0.3 is 18.8 Å². The van der Waals surface area contributed by atoms with E-state index in [0.29, 0.717) is 12.8 Å². The Morgan fingerprint density at radius 3 is 2.06 bits per heavy atom. The zero-order valence-electron chi connectivity index (χ0n) is 17.6. The van der Waals surface area contributed by atoms with Gasteiger partial charge in [0.1, 0.15) is 0 Å². The van der Waals surface area contributed by atoms with Crippen LogP contribution in [0.2, 0.25) is 0 Å². The Hall–Kier alpha value is -1.48. The summed E-state index contributed by atoms with van der Waals surface area (Å²) in [5.74, 6) is -13.5. The van der Waals surface area contributed by atoms with E-state index in [4.69, 9.17) is 0 Å². The molecule has 0 N–H and O–H groups in total. The molecule has 0 saturated heterocycles. The monoisotopic (exact) mass is 517 g/mol. The molecule has 0 aliphatic heterocycles. The lowest BCUT2D eigenvalue weighted by molar-refractivity contribution is -0.356. The molecular weight excluding hydrogens is 493 g/mol. The molecule has 2 atom stereocenters. The Morgan fingerprint density at radius 1 is 1.00 bits per heavy atom. The molecule has 0 heterocycles. The van der Waals surface area contributed by atoms with Gasteiger partial charge in [-0.2, -0.15) is 30.7 Å². The number of esters is 2. The maximum Gasteiger partial charge on any atom is 0.468 e. The summed E-state index contributed by atoms with van der Waals surface area (Å²) in [4.78, 5) is 24.4. The summed E-state index contributed by atoms with van der Waals surface area (Å²) in [7, 11) is 0. The van der Waals surface area contributed by atoms with Crippen LogP contribution in [0.1, 0.15) is 58.3 Å². The minimum Gasteiger partial charge on any atom is -0.768 e. The number of carbonyl (C=O) groups excluding carboxylic acids is 2. The molecule has 2 unspecified atom stereocenters. The van der Waals surface area contributed by atoms with Crippen LogP contribution in [0.4, 0.5) is 30.7 Å². The van der Waals surface area contributed by atoms with Gasteiger partial charge in [0, 0.05) is 17.5 Å². The Labute approximate surface area is 187 Å². The highest BCUT2D eigenvalue weighted by Gasteiger charge is 2.68. The van der Waals surface area contributed by atoms with Gasteiger partial charge >= 0.3 is 35.1 Å². The SMILES string of the molecule is CCOC(=O)C(OCCCCC(F)(F)C(F)(F)S(=O)[O-])(OC(=O)C1CCCCC1)C(F)(F)F. The van der Waals surface area contributed by atoms with Gasteiger partial charge in [-0.3, -0.25) is 9.00 Å². The molecule has 0 aromatic rings. The average molecular weight is 517 g/mol. The van der Waals surface area contributed by atoms with Crippen LogP contribution in [0, 0.1) is 5.92 Å². The first-order valence-corrected chi connectivity index (χ1v) is 11.2. The molecule has 15 heteroatoms. The number of rotatable bonds is 12. The zero-order valence-corrected chi connectivity index (χ0v) is 18.4. The summed E-state index contributed by atoms with van der Waals surface area (Å²) in [5, 5.41) is -5.38. The normalized spacial score (nSPS) is 18.9. The molecule has 0 spiro atoms. The molecule has 0 amide bonds. The van der Waals surface area contributed by atoms with Crippen LogP contribution < -0.4 is 0 Å². The molecule has 0 aromatic carbocycles. The predicted molar refractivity (Wildman–Crippen MR) is 96.7 cm³/mol. The minimum atomic E-state index is -5.61.